The molecule has 2 aromatic rings. The molecular formula is C24H28N2O7. The minimum Gasteiger partial charge on any atom is -0.479 e. The van der Waals surface area contributed by atoms with Gasteiger partial charge in [-0.3, -0.25) is 4.79 Å². The number of nitrogens with one attached hydrogen (secondary N) is 2. The Bertz CT molecular complexity index is 964. The van der Waals surface area contributed by atoms with Crippen LogP contribution in [0, 0.1) is 0 Å². The Hall–Kier alpha value is -3.43. The van der Waals surface area contributed by atoms with Crippen LogP contribution in [0.5, 0.6) is 0 Å². The highest BCUT2D eigenvalue weighted by molar-refractivity contribution is 5.86. The van der Waals surface area contributed by atoms with E-state index in [2.05, 4.69) is 10.6 Å². The van der Waals surface area contributed by atoms with Crippen LogP contribution in [0.2, 0.25) is 0 Å². The first kappa shape index (κ1) is 24.2. The molecular weight excluding hydrogens is 428 g/mol. The van der Waals surface area contributed by atoms with Gasteiger partial charge < -0.3 is 30.3 Å². The third-order valence-corrected chi connectivity index (χ3v) is 5.74. The number of amides is 2. The molecule has 1 aliphatic carbocycles. The van der Waals surface area contributed by atoms with E-state index >= 15 is 0 Å². The Morgan fingerprint density at radius 2 is 1.61 bits per heavy atom. The van der Waals surface area contributed by atoms with Crippen molar-refractivity contribution in [2.24, 2.45) is 0 Å². The Morgan fingerprint density at radius 1 is 1.03 bits per heavy atom. The van der Waals surface area contributed by atoms with E-state index in [1.165, 1.54) is 7.11 Å². The van der Waals surface area contributed by atoms with E-state index in [-0.39, 0.29) is 25.5 Å². The number of aliphatic hydroxyl groups is 1. The zero-order valence-corrected chi connectivity index (χ0v) is 18.5. The van der Waals surface area contributed by atoms with Crippen molar-refractivity contribution in [3.63, 3.8) is 0 Å². The molecule has 4 N–H and O–H groups in total. The largest absolute Gasteiger partial charge is 0.479 e. The first-order valence-electron chi connectivity index (χ1n) is 10.7. The number of methoxy groups -OCH3 is 1. The summed E-state index contributed by atoms with van der Waals surface area (Å²) in [6.07, 6.45) is -3.19. The van der Waals surface area contributed by atoms with E-state index < -0.39 is 36.2 Å². The van der Waals surface area contributed by atoms with E-state index in [4.69, 9.17) is 14.6 Å². The second kappa shape index (κ2) is 10.9. The summed E-state index contributed by atoms with van der Waals surface area (Å²) in [7, 11) is 1.40. The molecule has 3 rings (SSSR count). The Balaban J connectivity index is 1.61. The minimum atomic E-state index is -1.58. The molecule has 9 nitrogen and oxygen atoms in total. The molecule has 0 saturated carbocycles. The van der Waals surface area contributed by atoms with Gasteiger partial charge in [0.1, 0.15) is 12.6 Å². The SMILES string of the molecule is CO[C@H](C)[C@H](NC(=O)OCC1c2ccccc2-c2ccccc21)C(=O)NCC[C@H](O)C(=O)O. The Morgan fingerprint density at radius 3 is 2.15 bits per heavy atom. The predicted molar refractivity (Wildman–Crippen MR) is 120 cm³/mol. The van der Waals surface area contributed by atoms with Crippen LogP contribution in [0.25, 0.3) is 11.1 Å². The first-order valence-corrected chi connectivity index (χ1v) is 10.7. The van der Waals surface area contributed by atoms with Crippen molar-refractivity contribution < 1.29 is 34.1 Å². The van der Waals surface area contributed by atoms with E-state index in [1.807, 2.05) is 48.5 Å². The van der Waals surface area contributed by atoms with Gasteiger partial charge in [-0.15, -0.1) is 0 Å². The lowest BCUT2D eigenvalue weighted by Crippen LogP contribution is -2.53. The van der Waals surface area contributed by atoms with Crippen LogP contribution in [-0.2, 0) is 19.1 Å². The number of ether oxygens (including phenoxy) is 2. The van der Waals surface area contributed by atoms with Crippen LogP contribution in [0.15, 0.2) is 48.5 Å². The summed E-state index contributed by atoms with van der Waals surface area (Å²) in [6.45, 7) is 1.63. The average molecular weight is 456 g/mol. The van der Waals surface area contributed by atoms with Gasteiger partial charge in [0.25, 0.3) is 0 Å². The van der Waals surface area contributed by atoms with Gasteiger partial charge in [-0.05, 0) is 29.2 Å². The molecule has 33 heavy (non-hydrogen) atoms. The summed E-state index contributed by atoms with van der Waals surface area (Å²) in [6, 6.07) is 14.9. The molecule has 2 aromatic carbocycles. The fraction of sp³-hybridized carbons (Fsp3) is 0.375. The highest BCUT2D eigenvalue weighted by Crippen LogP contribution is 2.44. The molecule has 0 unspecified atom stereocenters. The van der Waals surface area contributed by atoms with Crippen LogP contribution >= 0.6 is 0 Å². The normalized spacial score (nSPS) is 15.0. The number of carboxylic acid groups (broad SMARTS) is 1. The summed E-state index contributed by atoms with van der Waals surface area (Å²) in [5.74, 6) is -2.06. The summed E-state index contributed by atoms with van der Waals surface area (Å²) in [5.41, 5.74) is 4.36. The third-order valence-electron chi connectivity index (χ3n) is 5.74. The Kier molecular flexibility index (Phi) is 8.02. The maximum absolute atomic E-state index is 12.5. The van der Waals surface area contributed by atoms with E-state index in [0.29, 0.717) is 0 Å². The molecule has 9 heteroatoms. The second-order valence-electron chi connectivity index (χ2n) is 7.82. The van der Waals surface area contributed by atoms with Crippen LogP contribution in [0.3, 0.4) is 0 Å². The lowest BCUT2D eigenvalue weighted by molar-refractivity contribution is -0.147. The first-order chi connectivity index (χ1) is 15.8. The van der Waals surface area contributed by atoms with E-state index in [9.17, 15) is 19.5 Å². The molecule has 0 aliphatic heterocycles. The van der Waals surface area contributed by atoms with Gasteiger partial charge in [-0.2, -0.15) is 0 Å². The van der Waals surface area contributed by atoms with Crippen LogP contribution in [0.4, 0.5) is 4.79 Å². The molecule has 0 spiro atoms. The summed E-state index contributed by atoms with van der Waals surface area (Å²) >= 11 is 0. The quantitative estimate of drug-likeness (QED) is 0.429. The minimum absolute atomic E-state index is 0.0778. The van der Waals surface area contributed by atoms with E-state index in [0.717, 1.165) is 22.3 Å². The topological polar surface area (TPSA) is 134 Å². The predicted octanol–water partition coefficient (Wildman–Crippen LogP) is 1.88. The highest BCUT2D eigenvalue weighted by atomic mass is 16.5. The summed E-state index contributed by atoms with van der Waals surface area (Å²) in [5, 5.41) is 23.1. The highest BCUT2D eigenvalue weighted by Gasteiger charge is 2.31. The van der Waals surface area contributed by atoms with Crippen LogP contribution < -0.4 is 10.6 Å². The molecule has 1 aliphatic rings. The van der Waals surface area contributed by atoms with Gasteiger partial charge in [0.15, 0.2) is 6.10 Å². The van der Waals surface area contributed by atoms with Crippen molar-refractivity contribution in [2.75, 3.05) is 20.3 Å². The number of fused-ring (bicyclic) bond motifs is 3. The fourth-order valence-electron chi connectivity index (χ4n) is 3.86. The maximum atomic E-state index is 12.5. The molecule has 2 amide bonds. The van der Waals surface area contributed by atoms with Crippen molar-refractivity contribution in [1.29, 1.82) is 0 Å². The number of alkyl carbamates (subject to hydrolysis) is 1. The number of carbonyl (C=O) groups is 3. The van der Waals surface area contributed by atoms with Gasteiger partial charge in [0, 0.05) is 26.0 Å². The maximum Gasteiger partial charge on any atom is 0.407 e. The van der Waals surface area contributed by atoms with Gasteiger partial charge >= 0.3 is 12.1 Å². The van der Waals surface area contributed by atoms with Gasteiger partial charge in [-0.1, -0.05) is 48.5 Å². The van der Waals surface area contributed by atoms with Crippen molar-refractivity contribution in [2.45, 2.75) is 37.5 Å². The van der Waals surface area contributed by atoms with Crippen LogP contribution in [-0.4, -0.2) is 66.7 Å². The van der Waals surface area contributed by atoms with Crippen molar-refractivity contribution in [3.05, 3.63) is 59.7 Å². The van der Waals surface area contributed by atoms with Gasteiger partial charge in [0.05, 0.1) is 6.10 Å². The number of carbonyl (C=O) groups excluding carboxylic acids is 2. The smallest absolute Gasteiger partial charge is 0.407 e. The number of hydrogen-bond acceptors (Lipinski definition) is 6. The summed E-state index contributed by atoms with van der Waals surface area (Å²) in [4.78, 5) is 35.8. The number of rotatable bonds is 10. The van der Waals surface area contributed by atoms with Gasteiger partial charge in [-0.25, -0.2) is 9.59 Å². The number of carboxylic acids is 1. The number of aliphatic hydroxyl groups excluding tert-OH is 1. The van der Waals surface area contributed by atoms with Crippen molar-refractivity contribution >= 4 is 18.0 Å². The third kappa shape index (κ3) is 5.68. The Labute approximate surface area is 191 Å². The van der Waals surface area contributed by atoms with Crippen molar-refractivity contribution in [3.8, 4) is 11.1 Å². The zero-order valence-electron chi connectivity index (χ0n) is 18.5. The van der Waals surface area contributed by atoms with Gasteiger partial charge in [0.2, 0.25) is 5.91 Å². The molecule has 176 valence electrons. The number of benzene rings is 2. The monoisotopic (exact) mass is 456 g/mol. The molecule has 0 saturated heterocycles. The molecule has 3 atom stereocenters. The van der Waals surface area contributed by atoms with Crippen LogP contribution in [0.1, 0.15) is 30.4 Å². The second-order valence-corrected chi connectivity index (χ2v) is 7.82. The standard InChI is InChI=1S/C24H28N2O7/c1-14(32-2)21(22(28)25-12-11-20(27)23(29)30)26-24(31)33-13-19-17-9-5-3-7-15(17)16-8-4-6-10-18(16)19/h3-10,14,19-21,27H,11-13H2,1-2H3,(H,25,28)(H,26,31)(H,29,30)/t14-,20+,21+/m1/s1. The zero-order chi connectivity index (χ0) is 24.0. The number of hydrogen-bond donors (Lipinski definition) is 4. The molecule has 0 aromatic heterocycles. The molecule has 0 fully saturated rings. The van der Waals surface area contributed by atoms with Crippen molar-refractivity contribution in [1.82, 2.24) is 10.6 Å². The summed E-state index contributed by atoms with van der Waals surface area (Å²) < 4.78 is 10.7. The fourth-order valence-corrected chi connectivity index (χ4v) is 3.86. The lowest BCUT2D eigenvalue weighted by Gasteiger charge is -2.23. The number of aliphatic carboxylic acids is 1. The average Bonchev–Trinajstić information content (AvgIpc) is 3.14. The van der Waals surface area contributed by atoms with E-state index in [1.54, 1.807) is 6.92 Å². The molecule has 0 radical (unpaired) electrons. The lowest BCUT2D eigenvalue weighted by atomic mass is 9.98. The molecule has 0 bridgehead atoms. The molecule has 0 heterocycles.